The Kier molecular flexibility index (Phi) is 5.09. The van der Waals surface area contributed by atoms with E-state index in [-0.39, 0.29) is 11.5 Å². The van der Waals surface area contributed by atoms with Crippen molar-refractivity contribution < 1.29 is 10.2 Å². The van der Waals surface area contributed by atoms with E-state index in [0.29, 0.717) is 11.1 Å². The molecule has 2 heteroatoms. The van der Waals surface area contributed by atoms with Crippen molar-refractivity contribution in [3.8, 4) is 44.9 Å². The Labute approximate surface area is 178 Å². The highest BCUT2D eigenvalue weighted by Crippen LogP contribution is 2.50. The molecule has 4 aromatic carbocycles. The summed E-state index contributed by atoms with van der Waals surface area (Å²) in [4.78, 5) is 0. The second-order valence-electron chi connectivity index (χ2n) is 7.91. The van der Waals surface area contributed by atoms with Crippen LogP contribution in [0, 0.1) is 27.7 Å². The summed E-state index contributed by atoms with van der Waals surface area (Å²) < 4.78 is 0. The summed E-state index contributed by atoms with van der Waals surface area (Å²) in [6, 6.07) is 24.3. The third-order valence-electron chi connectivity index (χ3n) is 6.05. The molecule has 0 saturated heterocycles. The number of phenolic OH excluding ortho intramolecular Hbond substituents is 2. The molecular formula is C28H26O2. The minimum absolute atomic E-state index is 0.213. The molecule has 0 amide bonds. The predicted octanol–water partition coefficient (Wildman–Crippen LogP) is 7.33. The zero-order valence-corrected chi connectivity index (χ0v) is 17.8. The number of hydrogen-bond acceptors (Lipinski definition) is 2. The summed E-state index contributed by atoms with van der Waals surface area (Å²) in [6.07, 6.45) is 0. The van der Waals surface area contributed by atoms with Gasteiger partial charge < -0.3 is 10.2 Å². The molecule has 0 bridgehead atoms. The molecule has 0 spiro atoms. The van der Waals surface area contributed by atoms with Crippen LogP contribution in [-0.2, 0) is 0 Å². The Bertz CT molecular complexity index is 1120. The standard InChI is InChI=1S/C28H26O2/c1-17-15-23(21-11-7-5-8-12-21)25(27(29)19(17)3)26-24(22-13-9-6-10-14-22)16-18(2)20(4)28(26)30/h5-16,29-30H,1-4H3. The zero-order chi connectivity index (χ0) is 21.4. The van der Waals surface area contributed by atoms with Crippen molar-refractivity contribution >= 4 is 0 Å². The highest BCUT2D eigenvalue weighted by Gasteiger charge is 2.24. The summed E-state index contributed by atoms with van der Waals surface area (Å²) in [6.45, 7) is 7.85. The summed E-state index contributed by atoms with van der Waals surface area (Å²) >= 11 is 0. The van der Waals surface area contributed by atoms with Crippen LogP contribution in [0.3, 0.4) is 0 Å². The van der Waals surface area contributed by atoms with Gasteiger partial charge in [-0.3, -0.25) is 0 Å². The van der Waals surface area contributed by atoms with Crippen molar-refractivity contribution in [1.82, 2.24) is 0 Å². The van der Waals surface area contributed by atoms with Crippen LogP contribution in [0.1, 0.15) is 22.3 Å². The third kappa shape index (κ3) is 3.25. The molecule has 0 atom stereocenters. The molecule has 4 rings (SSSR count). The lowest BCUT2D eigenvalue weighted by atomic mass is 9.83. The molecule has 0 aliphatic rings. The van der Waals surface area contributed by atoms with Gasteiger partial charge in [-0.25, -0.2) is 0 Å². The Morgan fingerprint density at radius 3 is 1.17 bits per heavy atom. The summed E-state index contributed by atoms with van der Waals surface area (Å²) in [5.41, 5.74) is 8.83. The molecule has 0 fully saturated rings. The summed E-state index contributed by atoms with van der Waals surface area (Å²) in [7, 11) is 0. The average Bonchev–Trinajstić information content (AvgIpc) is 2.77. The lowest BCUT2D eigenvalue weighted by Gasteiger charge is -2.22. The highest BCUT2D eigenvalue weighted by atomic mass is 16.3. The van der Waals surface area contributed by atoms with Gasteiger partial charge in [0.25, 0.3) is 0 Å². The van der Waals surface area contributed by atoms with E-state index in [2.05, 4.69) is 12.1 Å². The molecule has 30 heavy (non-hydrogen) atoms. The summed E-state index contributed by atoms with van der Waals surface area (Å²) in [5, 5.41) is 22.6. The van der Waals surface area contributed by atoms with Gasteiger partial charge in [0, 0.05) is 11.1 Å². The van der Waals surface area contributed by atoms with Crippen LogP contribution in [0.15, 0.2) is 72.8 Å². The minimum Gasteiger partial charge on any atom is -0.507 e. The third-order valence-corrected chi connectivity index (χ3v) is 6.05. The van der Waals surface area contributed by atoms with Gasteiger partial charge in [-0.1, -0.05) is 72.8 Å². The number of rotatable bonds is 3. The Morgan fingerprint density at radius 1 is 0.500 bits per heavy atom. The predicted molar refractivity (Wildman–Crippen MR) is 125 cm³/mol. The number of benzene rings is 4. The van der Waals surface area contributed by atoms with Gasteiger partial charge in [-0.05, 0) is 72.2 Å². The van der Waals surface area contributed by atoms with Crippen LogP contribution >= 0.6 is 0 Å². The van der Waals surface area contributed by atoms with Gasteiger partial charge in [0.1, 0.15) is 11.5 Å². The van der Waals surface area contributed by atoms with E-state index < -0.39 is 0 Å². The fourth-order valence-corrected chi connectivity index (χ4v) is 3.99. The van der Waals surface area contributed by atoms with E-state index >= 15 is 0 Å². The lowest BCUT2D eigenvalue weighted by Crippen LogP contribution is -1.97. The first-order valence-corrected chi connectivity index (χ1v) is 10.2. The van der Waals surface area contributed by atoms with E-state index in [1.54, 1.807) is 0 Å². The van der Waals surface area contributed by atoms with Crippen molar-refractivity contribution in [1.29, 1.82) is 0 Å². The van der Waals surface area contributed by atoms with Crippen LogP contribution < -0.4 is 0 Å². The lowest BCUT2D eigenvalue weighted by molar-refractivity contribution is 0.464. The van der Waals surface area contributed by atoms with Crippen LogP contribution in [0.4, 0.5) is 0 Å². The minimum atomic E-state index is 0.213. The first-order chi connectivity index (χ1) is 14.4. The van der Waals surface area contributed by atoms with Crippen LogP contribution in [0.2, 0.25) is 0 Å². The maximum absolute atomic E-state index is 11.3. The molecule has 0 saturated carbocycles. The second-order valence-corrected chi connectivity index (χ2v) is 7.91. The first kappa shape index (κ1) is 19.8. The SMILES string of the molecule is Cc1cc(-c2ccccc2)c(-c2c(-c3ccccc3)cc(C)c(C)c2O)c(O)c1C. The first-order valence-electron chi connectivity index (χ1n) is 10.2. The van der Waals surface area contributed by atoms with Crippen molar-refractivity contribution in [2.24, 2.45) is 0 Å². The monoisotopic (exact) mass is 394 g/mol. The fourth-order valence-electron chi connectivity index (χ4n) is 3.99. The van der Waals surface area contributed by atoms with Crippen molar-refractivity contribution in [2.45, 2.75) is 27.7 Å². The van der Waals surface area contributed by atoms with Crippen LogP contribution in [0.5, 0.6) is 11.5 Å². The molecule has 150 valence electrons. The van der Waals surface area contributed by atoms with Gasteiger partial charge in [0.05, 0.1) is 0 Å². The largest absolute Gasteiger partial charge is 0.507 e. The van der Waals surface area contributed by atoms with E-state index in [4.69, 9.17) is 0 Å². The van der Waals surface area contributed by atoms with Gasteiger partial charge in [0.2, 0.25) is 0 Å². The van der Waals surface area contributed by atoms with Crippen LogP contribution in [-0.4, -0.2) is 10.2 Å². The average molecular weight is 395 g/mol. The zero-order valence-electron chi connectivity index (χ0n) is 17.8. The van der Waals surface area contributed by atoms with Gasteiger partial charge >= 0.3 is 0 Å². The maximum Gasteiger partial charge on any atom is 0.127 e. The molecule has 0 unspecified atom stereocenters. The molecule has 0 aromatic heterocycles. The van der Waals surface area contributed by atoms with Gasteiger partial charge in [-0.15, -0.1) is 0 Å². The normalized spacial score (nSPS) is 10.9. The number of phenols is 2. The van der Waals surface area contributed by atoms with Crippen LogP contribution in [0.25, 0.3) is 33.4 Å². The summed E-state index contributed by atoms with van der Waals surface area (Å²) in [5.74, 6) is 0.425. The highest BCUT2D eigenvalue weighted by molar-refractivity contribution is 5.99. The molecule has 0 aliphatic heterocycles. The topological polar surface area (TPSA) is 40.5 Å². The molecule has 0 aliphatic carbocycles. The number of aryl methyl sites for hydroxylation is 2. The molecular weight excluding hydrogens is 368 g/mol. The number of hydrogen-bond donors (Lipinski definition) is 2. The van der Waals surface area contributed by atoms with Crippen molar-refractivity contribution in [3.63, 3.8) is 0 Å². The Balaban J connectivity index is 2.17. The van der Waals surface area contributed by atoms with Gasteiger partial charge in [-0.2, -0.15) is 0 Å². The Morgan fingerprint density at radius 2 is 0.833 bits per heavy atom. The molecule has 2 nitrogen and oxygen atoms in total. The van der Waals surface area contributed by atoms with E-state index in [1.165, 1.54) is 0 Å². The fraction of sp³-hybridized carbons (Fsp3) is 0.143. The smallest absolute Gasteiger partial charge is 0.127 e. The quantitative estimate of drug-likeness (QED) is 0.382. The van der Waals surface area contributed by atoms with Crippen molar-refractivity contribution in [2.75, 3.05) is 0 Å². The van der Waals surface area contributed by atoms with E-state index in [1.807, 2.05) is 88.4 Å². The molecule has 0 radical (unpaired) electrons. The van der Waals surface area contributed by atoms with E-state index in [9.17, 15) is 10.2 Å². The maximum atomic E-state index is 11.3. The number of aromatic hydroxyl groups is 2. The Hall–Kier alpha value is -3.52. The second kappa shape index (κ2) is 7.72. The molecule has 2 N–H and O–H groups in total. The van der Waals surface area contributed by atoms with Crippen molar-refractivity contribution in [3.05, 3.63) is 95.1 Å². The van der Waals surface area contributed by atoms with E-state index in [0.717, 1.165) is 44.5 Å². The van der Waals surface area contributed by atoms with Gasteiger partial charge in [0.15, 0.2) is 0 Å². The molecule has 4 aromatic rings. The molecule has 0 heterocycles.